The molecule has 0 atom stereocenters. The highest BCUT2D eigenvalue weighted by Crippen LogP contribution is 2.31. The Labute approximate surface area is 231 Å². The van der Waals surface area contributed by atoms with Crippen molar-refractivity contribution in [1.29, 1.82) is 0 Å². The second-order valence-corrected chi connectivity index (χ2v) is 9.43. The first-order valence-electron chi connectivity index (χ1n) is 12.1. The van der Waals surface area contributed by atoms with E-state index in [0.29, 0.717) is 5.46 Å². The maximum atomic E-state index is 8.58. The molecule has 0 saturated heterocycles. The Balaban J connectivity index is 0.000000141. The van der Waals surface area contributed by atoms with Crippen LogP contribution in [0, 0.1) is 0 Å². The summed E-state index contributed by atoms with van der Waals surface area (Å²) in [7, 11) is -1.34. The van der Waals surface area contributed by atoms with Gasteiger partial charge in [-0.3, -0.25) is 0 Å². The van der Waals surface area contributed by atoms with Crippen LogP contribution in [-0.2, 0) is 0 Å². The Morgan fingerprint density at radius 1 is 0.474 bits per heavy atom. The van der Waals surface area contributed by atoms with Gasteiger partial charge < -0.3 is 21.5 Å². The summed E-state index contributed by atoms with van der Waals surface area (Å²) in [6.45, 7) is 0. The number of hydrogen-bond donors (Lipinski definition) is 4. The quantitative estimate of drug-likeness (QED) is 0.140. The lowest BCUT2D eigenvalue weighted by Crippen LogP contribution is -2.29. The zero-order chi connectivity index (χ0) is 26.9. The molecule has 38 heavy (non-hydrogen) atoms. The van der Waals surface area contributed by atoms with Crippen LogP contribution in [0.2, 0.25) is 0 Å². The van der Waals surface area contributed by atoms with Crippen molar-refractivity contribution in [3.05, 3.63) is 138 Å². The van der Waals surface area contributed by atoms with Crippen LogP contribution in [0.1, 0.15) is 0 Å². The van der Waals surface area contributed by atoms with E-state index >= 15 is 0 Å². The zero-order valence-electron chi connectivity index (χ0n) is 20.7. The number of nitrogen functional groups attached to an aromatic ring is 2. The molecule has 6 aromatic rings. The topological polar surface area (TPSA) is 92.5 Å². The van der Waals surface area contributed by atoms with Gasteiger partial charge in [-0.25, -0.2) is 0 Å². The summed E-state index contributed by atoms with van der Waals surface area (Å²) in [6.07, 6.45) is 0. The fraction of sp³-hybridized carbons (Fsp3) is 0. The second-order valence-electron chi connectivity index (χ2n) is 8.58. The Morgan fingerprint density at radius 3 is 1.45 bits per heavy atom. The zero-order valence-corrected chi connectivity index (χ0v) is 22.3. The van der Waals surface area contributed by atoms with E-state index < -0.39 is 7.12 Å². The summed E-state index contributed by atoms with van der Waals surface area (Å²) >= 11 is 3.48. The average molecular weight is 563 g/mol. The van der Waals surface area contributed by atoms with Crippen LogP contribution in [0.25, 0.3) is 32.7 Å². The van der Waals surface area contributed by atoms with Crippen molar-refractivity contribution in [2.24, 2.45) is 0 Å². The minimum absolute atomic E-state index is 0.525. The van der Waals surface area contributed by atoms with E-state index in [9.17, 15) is 0 Å². The van der Waals surface area contributed by atoms with Crippen LogP contribution in [0.4, 0.5) is 11.4 Å². The number of nitrogens with two attached hydrogens (primary N) is 2. The smallest absolute Gasteiger partial charge is 0.423 e. The minimum atomic E-state index is -1.34. The van der Waals surface area contributed by atoms with Crippen LogP contribution in [0.15, 0.2) is 138 Å². The van der Waals surface area contributed by atoms with Crippen molar-refractivity contribution in [2.45, 2.75) is 0 Å². The highest BCUT2D eigenvalue weighted by molar-refractivity contribution is 9.10. The minimum Gasteiger partial charge on any atom is -0.423 e. The van der Waals surface area contributed by atoms with E-state index in [1.54, 1.807) is 24.3 Å². The van der Waals surface area contributed by atoms with Crippen molar-refractivity contribution in [1.82, 2.24) is 0 Å². The Kier molecular flexibility index (Phi) is 9.17. The van der Waals surface area contributed by atoms with E-state index in [1.807, 2.05) is 60.7 Å². The molecular weight excluding hydrogens is 535 g/mol. The maximum absolute atomic E-state index is 8.58. The molecule has 0 aliphatic rings. The molecule has 188 valence electrons. The molecule has 0 amide bonds. The van der Waals surface area contributed by atoms with Gasteiger partial charge in [0.1, 0.15) is 0 Å². The number of anilines is 2. The molecule has 0 heterocycles. The third kappa shape index (κ3) is 6.61. The molecule has 0 radical (unpaired) electrons. The molecule has 0 bridgehead atoms. The number of benzene rings is 6. The lowest BCUT2D eigenvalue weighted by atomic mass is 9.81. The molecule has 6 rings (SSSR count). The van der Waals surface area contributed by atoms with Gasteiger partial charge in [0.2, 0.25) is 0 Å². The molecule has 4 nitrogen and oxygen atoms in total. The molecule has 6 aromatic carbocycles. The van der Waals surface area contributed by atoms with Gasteiger partial charge in [-0.1, -0.05) is 131 Å². The first-order valence-corrected chi connectivity index (χ1v) is 12.9. The van der Waals surface area contributed by atoms with Crippen molar-refractivity contribution >= 4 is 61.4 Å². The van der Waals surface area contributed by atoms with Crippen molar-refractivity contribution < 1.29 is 10.0 Å². The fourth-order valence-corrected chi connectivity index (χ4v) is 4.58. The Morgan fingerprint density at radius 2 is 0.921 bits per heavy atom. The third-order valence-electron chi connectivity index (χ3n) is 6.04. The van der Waals surface area contributed by atoms with Gasteiger partial charge in [0, 0.05) is 26.6 Å². The monoisotopic (exact) mass is 562 g/mol. The predicted octanol–water partition coefficient (Wildman–Crippen LogP) is 6.64. The third-order valence-corrected chi connectivity index (χ3v) is 6.74. The number of rotatable bonds is 2. The fourth-order valence-electron chi connectivity index (χ4n) is 4.10. The number of halogens is 1. The molecule has 6 N–H and O–H groups in total. The highest BCUT2D eigenvalue weighted by Gasteiger charge is 2.07. The van der Waals surface area contributed by atoms with Crippen LogP contribution in [0.5, 0.6) is 0 Å². The second kappa shape index (κ2) is 12.9. The first-order chi connectivity index (χ1) is 18.5. The van der Waals surface area contributed by atoms with Crippen molar-refractivity contribution in [3.63, 3.8) is 0 Å². The van der Waals surface area contributed by atoms with Crippen LogP contribution >= 0.6 is 15.9 Å². The molecular formula is C32H28BBrN2O2. The molecule has 0 aromatic heterocycles. The van der Waals surface area contributed by atoms with E-state index in [0.717, 1.165) is 32.0 Å². The van der Waals surface area contributed by atoms with Crippen molar-refractivity contribution in [3.8, 4) is 11.1 Å². The van der Waals surface area contributed by atoms with Gasteiger partial charge in [0.05, 0.1) is 0 Å². The summed E-state index contributed by atoms with van der Waals surface area (Å²) in [5, 5.41) is 21.8. The lowest BCUT2D eigenvalue weighted by Gasteiger charge is -2.08. The van der Waals surface area contributed by atoms with Gasteiger partial charge in [-0.2, -0.15) is 0 Å². The first kappa shape index (κ1) is 27.0. The van der Waals surface area contributed by atoms with E-state index in [4.69, 9.17) is 21.5 Å². The predicted molar refractivity (Wildman–Crippen MR) is 166 cm³/mol. The van der Waals surface area contributed by atoms with Gasteiger partial charge in [0.15, 0.2) is 0 Å². The summed E-state index contributed by atoms with van der Waals surface area (Å²) in [4.78, 5) is 0. The van der Waals surface area contributed by atoms with Gasteiger partial charge >= 0.3 is 7.12 Å². The Bertz CT molecular complexity index is 1590. The molecule has 6 heteroatoms. The van der Waals surface area contributed by atoms with Crippen LogP contribution < -0.4 is 16.9 Å². The average Bonchev–Trinajstić information content (AvgIpc) is 2.97. The maximum Gasteiger partial charge on any atom is 0.488 e. The van der Waals surface area contributed by atoms with E-state index in [2.05, 4.69) is 64.5 Å². The summed E-state index contributed by atoms with van der Waals surface area (Å²) in [6, 6.07) is 43.3. The highest BCUT2D eigenvalue weighted by atomic mass is 79.9. The summed E-state index contributed by atoms with van der Waals surface area (Å²) in [5.41, 5.74) is 16.5. The SMILES string of the molecule is Nc1ccc(-c2ccccc2)c2ccccc12.Nc1ccc(Br)c2ccccc12.OB(O)c1ccccc1. The van der Waals surface area contributed by atoms with E-state index in [-0.39, 0.29) is 0 Å². The largest absolute Gasteiger partial charge is 0.488 e. The molecule has 0 spiro atoms. The number of fused-ring (bicyclic) bond motifs is 2. The normalized spacial score (nSPS) is 10.2. The van der Waals surface area contributed by atoms with Crippen LogP contribution in [-0.4, -0.2) is 17.2 Å². The molecule has 0 unspecified atom stereocenters. The lowest BCUT2D eigenvalue weighted by molar-refractivity contribution is 0.426. The molecule has 0 aliphatic carbocycles. The van der Waals surface area contributed by atoms with Gasteiger partial charge in [0.25, 0.3) is 0 Å². The number of hydrogen-bond acceptors (Lipinski definition) is 4. The Hall–Kier alpha value is -4.10. The van der Waals surface area contributed by atoms with Gasteiger partial charge in [-0.05, 0) is 45.6 Å². The van der Waals surface area contributed by atoms with Crippen LogP contribution in [0.3, 0.4) is 0 Å². The molecule has 0 aliphatic heterocycles. The summed E-state index contributed by atoms with van der Waals surface area (Å²) in [5.74, 6) is 0. The summed E-state index contributed by atoms with van der Waals surface area (Å²) < 4.78 is 1.09. The van der Waals surface area contributed by atoms with Gasteiger partial charge in [-0.15, -0.1) is 0 Å². The van der Waals surface area contributed by atoms with E-state index in [1.165, 1.54) is 16.5 Å². The molecule has 0 fully saturated rings. The molecule has 0 saturated carbocycles. The standard InChI is InChI=1S/C16H13N.C10H8BrN.C6H7BO2/c17-16-11-10-13(12-6-2-1-3-7-12)14-8-4-5-9-15(14)16;11-9-5-6-10(12)8-4-2-1-3-7(8)9;8-7(9)6-4-2-1-3-5-6/h1-11H,17H2;1-6H,12H2;1-5,8-9H. The van der Waals surface area contributed by atoms with Crippen molar-refractivity contribution in [2.75, 3.05) is 11.5 Å².